The maximum absolute atomic E-state index is 6.29. The van der Waals surface area contributed by atoms with Crippen molar-refractivity contribution >= 4 is 0 Å². The highest BCUT2D eigenvalue weighted by Crippen LogP contribution is 2.34. The minimum Gasteiger partial charge on any atom is -0.496 e. The molecule has 2 N–H and O–H groups in total. The molecule has 0 radical (unpaired) electrons. The van der Waals surface area contributed by atoms with Crippen LogP contribution in [-0.2, 0) is 6.42 Å². The van der Waals surface area contributed by atoms with E-state index in [1.165, 1.54) is 5.56 Å². The van der Waals surface area contributed by atoms with E-state index in [0.29, 0.717) is 17.2 Å². The van der Waals surface area contributed by atoms with E-state index in [9.17, 15) is 0 Å². The number of benzene rings is 2. The quantitative estimate of drug-likeness (QED) is 0.938. The van der Waals surface area contributed by atoms with Crippen LogP contribution in [0.3, 0.4) is 0 Å². The van der Waals surface area contributed by atoms with Crippen LogP contribution >= 0.6 is 0 Å². The van der Waals surface area contributed by atoms with Gasteiger partial charge in [0.05, 0.1) is 20.3 Å². The van der Waals surface area contributed by atoms with Crippen LogP contribution in [-0.4, -0.2) is 20.3 Å². The van der Waals surface area contributed by atoms with Gasteiger partial charge in [-0.2, -0.15) is 0 Å². The molecule has 0 bridgehead atoms. The molecule has 0 fully saturated rings. The summed E-state index contributed by atoms with van der Waals surface area (Å²) in [5.41, 5.74) is 8.71. The Kier molecular flexibility index (Phi) is 3.71. The van der Waals surface area contributed by atoms with Gasteiger partial charge < -0.3 is 19.9 Å². The highest BCUT2D eigenvalue weighted by molar-refractivity contribution is 5.43. The molecule has 0 saturated heterocycles. The van der Waals surface area contributed by atoms with Crippen molar-refractivity contribution < 1.29 is 14.2 Å². The molecule has 2 atom stereocenters. The smallest absolute Gasteiger partial charge is 0.127 e. The van der Waals surface area contributed by atoms with Gasteiger partial charge in [-0.15, -0.1) is 0 Å². The van der Waals surface area contributed by atoms with E-state index in [0.717, 1.165) is 12.0 Å². The molecule has 1 aliphatic carbocycles. The zero-order chi connectivity index (χ0) is 14.8. The predicted octanol–water partition coefficient (Wildman–Crippen LogP) is 2.71. The standard InChI is InChI=1S/C17H19NO3/c1-19-12-8-13(20-2)10-14(9-12)21-16-7-11-5-3-4-6-15(11)17(16)18/h3-6,8-10,16-17H,7,18H2,1-2H3. The lowest BCUT2D eigenvalue weighted by molar-refractivity contribution is 0.183. The molecule has 0 heterocycles. The third kappa shape index (κ3) is 2.67. The van der Waals surface area contributed by atoms with Gasteiger partial charge in [-0.25, -0.2) is 0 Å². The number of hydrogen-bond donors (Lipinski definition) is 1. The van der Waals surface area contributed by atoms with Gasteiger partial charge in [0.15, 0.2) is 0 Å². The van der Waals surface area contributed by atoms with Crippen molar-refractivity contribution in [3.05, 3.63) is 53.6 Å². The molecule has 0 spiro atoms. The van der Waals surface area contributed by atoms with Crippen LogP contribution in [0.15, 0.2) is 42.5 Å². The molecule has 4 heteroatoms. The molecule has 1 aliphatic rings. The number of rotatable bonds is 4. The first kappa shape index (κ1) is 13.8. The fourth-order valence-corrected chi connectivity index (χ4v) is 2.73. The van der Waals surface area contributed by atoms with Crippen molar-refractivity contribution in [2.75, 3.05) is 14.2 Å². The van der Waals surface area contributed by atoms with E-state index >= 15 is 0 Å². The van der Waals surface area contributed by atoms with Gasteiger partial charge in [0.1, 0.15) is 23.4 Å². The van der Waals surface area contributed by atoms with Crippen LogP contribution in [0.1, 0.15) is 17.2 Å². The van der Waals surface area contributed by atoms with E-state index in [2.05, 4.69) is 12.1 Å². The van der Waals surface area contributed by atoms with Crippen LogP contribution in [0.4, 0.5) is 0 Å². The molecule has 2 aromatic carbocycles. The zero-order valence-corrected chi connectivity index (χ0v) is 12.2. The van der Waals surface area contributed by atoms with Gasteiger partial charge in [-0.1, -0.05) is 24.3 Å². The minimum absolute atomic E-state index is 0.0702. The molecule has 4 nitrogen and oxygen atoms in total. The van der Waals surface area contributed by atoms with Crippen molar-refractivity contribution in [2.24, 2.45) is 5.73 Å². The van der Waals surface area contributed by atoms with Crippen LogP contribution in [0.2, 0.25) is 0 Å². The monoisotopic (exact) mass is 285 g/mol. The maximum Gasteiger partial charge on any atom is 0.127 e. The van der Waals surface area contributed by atoms with E-state index in [-0.39, 0.29) is 12.1 Å². The van der Waals surface area contributed by atoms with Crippen molar-refractivity contribution in [2.45, 2.75) is 18.6 Å². The largest absolute Gasteiger partial charge is 0.496 e. The first-order valence-electron chi connectivity index (χ1n) is 6.94. The normalized spacial score (nSPS) is 20.0. The highest BCUT2D eigenvalue weighted by Gasteiger charge is 2.31. The van der Waals surface area contributed by atoms with Crippen LogP contribution in [0.5, 0.6) is 17.2 Å². The number of ether oxygens (including phenoxy) is 3. The SMILES string of the molecule is COc1cc(OC)cc(OC2Cc3ccccc3C2N)c1. The van der Waals surface area contributed by atoms with Crippen molar-refractivity contribution in [3.8, 4) is 17.2 Å². The second-order valence-corrected chi connectivity index (χ2v) is 5.13. The Morgan fingerprint density at radius 3 is 2.19 bits per heavy atom. The summed E-state index contributed by atoms with van der Waals surface area (Å²) >= 11 is 0. The van der Waals surface area contributed by atoms with Crippen LogP contribution in [0.25, 0.3) is 0 Å². The van der Waals surface area contributed by atoms with E-state index in [1.54, 1.807) is 14.2 Å². The number of methoxy groups -OCH3 is 2. The van der Waals surface area contributed by atoms with Crippen molar-refractivity contribution in [3.63, 3.8) is 0 Å². The van der Waals surface area contributed by atoms with Gasteiger partial charge >= 0.3 is 0 Å². The summed E-state index contributed by atoms with van der Waals surface area (Å²) in [4.78, 5) is 0. The predicted molar refractivity (Wildman–Crippen MR) is 81.0 cm³/mol. The third-order valence-corrected chi connectivity index (χ3v) is 3.85. The third-order valence-electron chi connectivity index (χ3n) is 3.85. The van der Waals surface area contributed by atoms with Gasteiger partial charge in [0, 0.05) is 24.6 Å². The first-order chi connectivity index (χ1) is 10.2. The number of fused-ring (bicyclic) bond motifs is 1. The number of nitrogens with two attached hydrogens (primary N) is 1. The average Bonchev–Trinajstić information content (AvgIpc) is 2.83. The summed E-state index contributed by atoms with van der Waals surface area (Å²) in [5, 5.41) is 0. The Bertz CT molecular complexity index is 619. The molecule has 110 valence electrons. The summed E-state index contributed by atoms with van der Waals surface area (Å²) in [6.07, 6.45) is 0.746. The molecule has 3 rings (SSSR count). The Morgan fingerprint density at radius 1 is 0.952 bits per heavy atom. The van der Waals surface area contributed by atoms with E-state index in [1.807, 2.05) is 30.3 Å². The molecule has 0 saturated carbocycles. The van der Waals surface area contributed by atoms with Crippen molar-refractivity contribution in [1.29, 1.82) is 0 Å². The molecule has 21 heavy (non-hydrogen) atoms. The van der Waals surface area contributed by atoms with Crippen LogP contribution < -0.4 is 19.9 Å². The Balaban J connectivity index is 1.82. The minimum atomic E-state index is -0.113. The lowest BCUT2D eigenvalue weighted by atomic mass is 10.1. The molecule has 0 amide bonds. The Morgan fingerprint density at radius 2 is 1.57 bits per heavy atom. The zero-order valence-electron chi connectivity index (χ0n) is 12.2. The van der Waals surface area contributed by atoms with Gasteiger partial charge in [0.25, 0.3) is 0 Å². The fraction of sp³-hybridized carbons (Fsp3) is 0.294. The summed E-state index contributed by atoms with van der Waals surface area (Å²) in [7, 11) is 3.24. The molecular formula is C17H19NO3. The van der Waals surface area contributed by atoms with Gasteiger partial charge in [-0.05, 0) is 11.1 Å². The summed E-state index contributed by atoms with van der Waals surface area (Å²) in [5.74, 6) is 2.11. The maximum atomic E-state index is 6.29. The summed E-state index contributed by atoms with van der Waals surface area (Å²) < 4.78 is 16.6. The lowest BCUT2D eigenvalue weighted by Crippen LogP contribution is -2.27. The van der Waals surface area contributed by atoms with Gasteiger partial charge in [-0.3, -0.25) is 0 Å². The topological polar surface area (TPSA) is 53.7 Å². The highest BCUT2D eigenvalue weighted by atomic mass is 16.5. The average molecular weight is 285 g/mol. The van der Waals surface area contributed by atoms with Crippen molar-refractivity contribution in [1.82, 2.24) is 0 Å². The Hall–Kier alpha value is -2.20. The van der Waals surface area contributed by atoms with Gasteiger partial charge in [0.2, 0.25) is 0 Å². The fourth-order valence-electron chi connectivity index (χ4n) is 2.73. The summed E-state index contributed by atoms with van der Waals surface area (Å²) in [6.45, 7) is 0. The molecule has 2 aromatic rings. The first-order valence-corrected chi connectivity index (χ1v) is 6.94. The number of hydrogen-bond acceptors (Lipinski definition) is 4. The second kappa shape index (κ2) is 5.66. The lowest BCUT2D eigenvalue weighted by Gasteiger charge is -2.19. The van der Waals surface area contributed by atoms with E-state index < -0.39 is 0 Å². The second-order valence-electron chi connectivity index (χ2n) is 5.13. The summed E-state index contributed by atoms with van der Waals surface area (Å²) in [6, 6.07) is 13.6. The van der Waals surface area contributed by atoms with E-state index in [4.69, 9.17) is 19.9 Å². The molecular weight excluding hydrogens is 266 g/mol. The molecule has 0 aromatic heterocycles. The van der Waals surface area contributed by atoms with Crippen LogP contribution in [0, 0.1) is 0 Å². The molecule has 2 unspecified atom stereocenters. The molecule has 0 aliphatic heterocycles. The Labute approximate surface area is 124 Å².